The van der Waals surface area contributed by atoms with E-state index in [-0.39, 0.29) is 0 Å². The number of hydrogen-bond acceptors (Lipinski definition) is 3. The van der Waals surface area contributed by atoms with Crippen molar-refractivity contribution in [2.24, 2.45) is 5.41 Å². The third-order valence-electron chi connectivity index (χ3n) is 4.01. The second-order valence-electron chi connectivity index (χ2n) is 5.93. The van der Waals surface area contributed by atoms with Crippen molar-refractivity contribution in [3.63, 3.8) is 0 Å². The molecule has 3 nitrogen and oxygen atoms in total. The maximum atomic E-state index is 8.67. The van der Waals surface area contributed by atoms with Gasteiger partial charge in [0.15, 0.2) is 0 Å². The summed E-state index contributed by atoms with van der Waals surface area (Å²) in [6, 6.07) is 0. The highest BCUT2D eigenvalue weighted by Crippen LogP contribution is 2.29. The predicted molar refractivity (Wildman–Crippen MR) is 73.3 cm³/mol. The summed E-state index contributed by atoms with van der Waals surface area (Å²) in [5.74, 6) is 0. The first kappa shape index (κ1) is 14.9. The Balaban J connectivity index is 1.98. The zero-order chi connectivity index (χ0) is 12.6. The SMILES string of the molecule is CN1CCC(C)(CNCCCCCCO)CC1. The lowest BCUT2D eigenvalue weighted by molar-refractivity contribution is 0.137. The van der Waals surface area contributed by atoms with Crippen LogP contribution >= 0.6 is 0 Å². The Labute approximate surface area is 107 Å². The van der Waals surface area contributed by atoms with Gasteiger partial charge in [0, 0.05) is 13.2 Å². The van der Waals surface area contributed by atoms with Gasteiger partial charge in [0.1, 0.15) is 0 Å². The number of rotatable bonds is 8. The number of unbranched alkanes of at least 4 members (excludes halogenated alkanes) is 3. The molecule has 0 radical (unpaired) electrons. The molecule has 1 heterocycles. The van der Waals surface area contributed by atoms with Gasteiger partial charge in [0.25, 0.3) is 0 Å². The molecule has 0 aromatic heterocycles. The molecule has 1 aliphatic rings. The number of piperidine rings is 1. The van der Waals surface area contributed by atoms with Gasteiger partial charge in [-0.2, -0.15) is 0 Å². The molecule has 0 unspecified atom stereocenters. The van der Waals surface area contributed by atoms with E-state index in [9.17, 15) is 0 Å². The molecular formula is C14H30N2O. The first-order valence-corrected chi connectivity index (χ1v) is 7.16. The summed E-state index contributed by atoms with van der Waals surface area (Å²) in [5, 5.41) is 12.3. The van der Waals surface area contributed by atoms with Crippen LogP contribution in [0, 0.1) is 5.41 Å². The summed E-state index contributed by atoms with van der Waals surface area (Å²) < 4.78 is 0. The molecule has 1 aliphatic heterocycles. The first-order valence-electron chi connectivity index (χ1n) is 7.16. The molecule has 1 saturated heterocycles. The van der Waals surface area contributed by atoms with Crippen LogP contribution in [-0.2, 0) is 0 Å². The van der Waals surface area contributed by atoms with E-state index in [2.05, 4.69) is 24.2 Å². The van der Waals surface area contributed by atoms with E-state index in [0.717, 1.165) is 13.0 Å². The van der Waals surface area contributed by atoms with Crippen molar-refractivity contribution in [3.05, 3.63) is 0 Å². The molecule has 1 rings (SSSR count). The number of hydrogen-bond donors (Lipinski definition) is 2. The van der Waals surface area contributed by atoms with Crippen LogP contribution in [0.15, 0.2) is 0 Å². The van der Waals surface area contributed by atoms with Crippen molar-refractivity contribution in [1.82, 2.24) is 10.2 Å². The smallest absolute Gasteiger partial charge is 0.0431 e. The van der Waals surface area contributed by atoms with E-state index in [1.54, 1.807) is 0 Å². The van der Waals surface area contributed by atoms with Gasteiger partial charge in [-0.3, -0.25) is 0 Å². The Morgan fingerprint density at radius 3 is 2.41 bits per heavy atom. The minimum absolute atomic E-state index is 0.346. The average molecular weight is 242 g/mol. The van der Waals surface area contributed by atoms with Gasteiger partial charge in [-0.05, 0) is 57.8 Å². The molecule has 1 fully saturated rings. The molecule has 0 aliphatic carbocycles. The minimum atomic E-state index is 0.346. The van der Waals surface area contributed by atoms with Gasteiger partial charge in [-0.25, -0.2) is 0 Å². The molecule has 0 atom stereocenters. The van der Waals surface area contributed by atoms with Gasteiger partial charge in [0.05, 0.1) is 0 Å². The zero-order valence-corrected chi connectivity index (χ0v) is 11.7. The van der Waals surface area contributed by atoms with E-state index < -0.39 is 0 Å². The average Bonchev–Trinajstić information content (AvgIpc) is 2.32. The van der Waals surface area contributed by atoms with Crippen LogP contribution in [0.4, 0.5) is 0 Å². The van der Waals surface area contributed by atoms with Crippen molar-refractivity contribution in [2.45, 2.75) is 45.4 Å². The zero-order valence-electron chi connectivity index (χ0n) is 11.7. The second kappa shape index (κ2) is 8.06. The van der Waals surface area contributed by atoms with Crippen LogP contribution in [0.25, 0.3) is 0 Å². The first-order chi connectivity index (χ1) is 8.16. The monoisotopic (exact) mass is 242 g/mol. The largest absolute Gasteiger partial charge is 0.396 e. The van der Waals surface area contributed by atoms with Crippen LogP contribution in [0.1, 0.15) is 45.4 Å². The normalized spacial score (nSPS) is 20.6. The molecule has 0 saturated carbocycles. The van der Waals surface area contributed by atoms with Crippen molar-refractivity contribution in [2.75, 3.05) is 39.8 Å². The Kier molecular flexibility index (Phi) is 7.09. The molecule has 0 aromatic rings. The molecule has 3 heteroatoms. The number of nitrogens with one attached hydrogen (secondary N) is 1. The molecule has 0 amide bonds. The lowest BCUT2D eigenvalue weighted by Gasteiger charge is -2.38. The van der Waals surface area contributed by atoms with Crippen LogP contribution < -0.4 is 5.32 Å². The third-order valence-corrected chi connectivity index (χ3v) is 4.01. The van der Waals surface area contributed by atoms with E-state index in [0.29, 0.717) is 12.0 Å². The summed E-state index contributed by atoms with van der Waals surface area (Å²) in [7, 11) is 2.22. The van der Waals surface area contributed by atoms with Crippen LogP contribution in [0.2, 0.25) is 0 Å². The topological polar surface area (TPSA) is 35.5 Å². The van der Waals surface area contributed by atoms with Gasteiger partial charge in [0.2, 0.25) is 0 Å². The third kappa shape index (κ3) is 6.39. The maximum absolute atomic E-state index is 8.67. The standard InChI is InChI=1S/C14H30N2O/c1-14(7-10-16(2)11-8-14)13-15-9-5-3-4-6-12-17/h15,17H,3-13H2,1-2H3. The number of nitrogens with zero attached hydrogens (tertiary/aromatic N) is 1. The molecule has 102 valence electrons. The van der Waals surface area contributed by atoms with Crippen molar-refractivity contribution in [1.29, 1.82) is 0 Å². The fourth-order valence-electron chi connectivity index (χ4n) is 2.44. The lowest BCUT2D eigenvalue weighted by Crippen LogP contribution is -2.42. The minimum Gasteiger partial charge on any atom is -0.396 e. The van der Waals surface area contributed by atoms with Gasteiger partial charge < -0.3 is 15.3 Å². The van der Waals surface area contributed by atoms with Gasteiger partial charge >= 0.3 is 0 Å². The Bertz CT molecular complexity index is 189. The quantitative estimate of drug-likeness (QED) is 0.638. The predicted octanol–water partition coefficient (Wildman–Crippen LogP) is 1.86. The summed E-state index contributed by atoms with van der Waals surface area (Å²) >= 11 is 0. The Hall–Kier alpha value is -0.120. The van der Waals surface area contributed by atoms with Gasteiger partial charge in [-0.15, -0.1) is 0 Å². The second-order valence-corrected chi connectivity index (χ2v) is 5.93. The van der Waals surface area contributed by atoms with E-state index >= 15 is 0 Å². The highest BCUT2D eigenvalue weighted by molar-refractivity contribution is 4.83. The fourth-order valence-corrected chi connectivity index (χ4v) is 2.44. The number of aliphatic hydroxyl groups is 1. The summed E-state index contributed by atoms with van der Waals surface area (Å²) in [6.07, 6.45) is 7.26. The van der Waals surface area contributed by atoms with Crippen molar-refractivity contribution in [3.8, 4) is 0 Å². The maximum Gasteiger partial charge on any atom is 0.0431 e. The van der Waals surface area contributed by atoms with Crippen LogP contribution in [0.5, 0.6) is 0 Å². The summed E-state index contributed by atoms with van der Waals surface area (Å²) in [4.78, 5) is 2.43. The molecular weight excluding hydrogens is 212 g/mol. The summed E-state index contributed by atoms with van der Waals surface area (Å²) in [5.41, 5.74) is 0.512. The van der Waals surface area contributed by atoms with E-state index in [1.807, 2.05) is 0 Å². The van der Waals surface area contributed by atoms with Crippen molar-refractivity contribution < 1.29 is 5.11 Å². The molecule has 2 N–H and O–H groups in total. The van der Waals surface area contributed by atoms with E-state index in [1.165, 1.54) is 51.7 Å². The molecule has 17 heavy (non-hydrogen) atoms. The number of aliphatic hydroxyl groups excluding tert-OH is 1. The molecule has 0 aromatic carbocycles. The molecule has 0 bridgehead atoms. The van der Waals surface area contributed by atoms with Crippen LogP contribution in [-0.4, -0.2) is 49.8 Å². The molecule has 0 spiro atoms. The Morgan fingerprint density at radius 2 is 1.76 bits per heavy atom. The fraction of sp³-hybridized carbons (Fsp3) is 1.00. The van der Waals surface area contributed by atoms with Gasteiger partial charge in [-0.1, -0.05) is 19.8 Å². The van der Waals surface area contributed by atoms with E-state index in [4.69, 9.17) is 5.11 Å². The Morgan fingerprint density at radius 1 is 1.12 bits per heavy atom. The van der Waals surface area contributed by atoms with Crippen LogP contribution in [0.3, 0.4) is 0 Å². The number of likely N-dealkylation sites (tertiary alicyclic amines) is 1. The highest BCUT2D eigenvalue weighted by Gasteiger charge is 2.27. The summed E-state index contributed by atoms with van der Waals surface area (Å²) in [6.45, 7) is 7.55. The van der Waals surface area contributed by atoms with Crippen molar-refractivity contribution >= 4 is 0 Å². The highest BCUT2D eigenvalue weighted by atomic mass is 16.2. The lowest BCUT2D eigenvalue weighted by atomic mass is 9.80.